The van der Waals surface area contributed by atoms with E-state index in [0.717, 1.165) is 5.56 Å². The number of benzene rings is 1. The zero-order chi connectivity index (χ0) is 14.7. The third kappa shape index (κ3) is 5.67. The Morgan fingerprint density at radius 1 is 1.32 bits per heavy atom. The molecule has 0 saturated carbocycles. The van der Waals surface area contributed by atoms with Crippen molar-refractivity contribution in [2.75, 3.05) is 5.75 Å². The highest BCUT2D eigenvalue weighted by molar-refractivity contribution is 7.89. The molecule has 0 fully saturated rings. The molecule has 19 heavy (non-hydrogen) atoms. The summed E-state index contributed by atoms with van der Waals surface area (Å²) in [5.74, 6) is 0.0198. The molecule has 4 nitrogen and oxygen atoms in total. The Kier molecular flexibility index (Phi) is 5.06. The van der Waals surface area contributed by atoms with Gasteiger partial charge in [0.15, 0.2) is 0 Å². The summed E-state index contributed by atoms with van der Waals surface area (Å²) in [6, 6.07) is 8.41. The number of nitrogens with one attached hydrogen (secondary N) is 1. The van der Waals surface area contributed by atoms with E-state index in [1.54, 1.807) is 12.1 Å². The summed E-state index contributed by atoms with van der Waals surface area (Å²) < 4.78 is 26.8. The largest absolute Gasteiger partial charge is 0.392 e. The van der Waals surface area contributed by atoms with Crippen LogP contribution in [0.2, 0.25) is 0 Å². The van der Waals surface area contributed by atoms with Crippen LogP contribution in [0.3, 0.4) is 0 Å². The first-order valence-corrected chi connectivity index (χ1v) is 8.01. The molecule has 0 spiro atoms. The molecule has 0 aliphatic rings. The first-order chi connectivity index (χ1) is 8.61. The summed E-state index contributed by atoms with van der Waals surface area (Å²) >= 11 is 4.96. The standard InChI is InChI=1S/C13H20N2O2S2/c1-13(2,3)9-19(16,17)15-11(12(14)18)10-7-5-4-6-8-10/h4-8,11,15H,9H2,1-3H3,(H2,14,18). The molecule has 1 rings (SSSR count). The maximum Gasteiger partial charge on any atom is 0.213 e. The molecule has 106 valence electrons. The van der Waals surface area contributed by atoms with Gasteiger partial charge in [0.2, 0.25) is 10.0 Å². The lowest BCUT2D eigenvalue weighted by Gasteiger charge is -2.22. The van der Waals surface area contributed by atoms with Gasteiger partial charge in [-0.1, -0.05) is 63.3 Å². The zero-order valence-electron chi connectivity index (χ0n) is 11.4. The Labute approximate surface area is 120 Å². The molecule has 1 atom stereocenters. The van der Waals surface area contributed by atoms with E-state index in [2.05, 4.69) is 4.72 Å². The molecule has 0 bridgehead atoms. The summed E-state index contributed by atoms with van der Waals surface area (Å²) in [5, 5.41) is 0. The average molecular weight is 300 g/mol. The van der Waals surface area contributed by atoms with Crippen molar-refractivity contribution in [2.24, 2.45) is 11.1 Å². The van der Waals surface area contributed by atoms with E-state index in [1.807, 2.05) is 39.0 Å². The van der Waals surface area contributed by atoms with Gasteiger partial charge in [0.05, 0.1) is 16.8 Å². The maximum absolute atomic E-state index is 12.1. The van der Waals surface area contributed by atoms with Crippen molar-refractivity contribution in [3.63, 3.8) is 0 Å². The van der Waals surface area contributed by atoms with Crippen molar-refractivity contribution < 1.29 is 8.42 Å². The van der Waals surface area contributed by atoms with Crippen LogP contribution in [0.4, 0.5) is 0 Å². The predicted molar refractivity (Wildman–Crippen MR) is 82.3 cm³/mol. The van der Waals surface area contributed by atoms with Crippen molar-refractivity contribution in [3.05, 3.63) is 35.9 Å². The molecule has 6 heteroatoms. The smallest absolute Gasteiger partial charge is 0.213 e. The van der Waals surface area contributed by atoms with Crippen LogP contribution in [-0.2, 0) is 10.0 Å². The van der Waals surface area contributed by atoms with Crippen molar-refractivity contribution in [1.82, 2.24) is 4.72 Å². The lowest BCUT2D eigenvalue weighted by atomic mass is 10.0. The van der Waals surface area contributed by atoms with E-state index in [4.69, 9.17) is 18.0 Å². The average Bonchev–Trinajstić information content (AvgIpc) is 2.23. The third-order valence-electron chi connectivity index (χ3n) is 2.34. The lowest BCUT2D eigenvalue weighted by molar-refractivity contribution is 0.457. The number of sulfonamides is 1. The molecule has 1 aromatic rings. The van der Waals surface area contributed by atoms with E-state index in [0.29, 0.717) is 0 Å². The second-order valence-corrected chi connectivity index (χ2v) is 7.91. The number of rotatable bonds is 5. The quantitative estimate of drug-likeness (QED) is 0.816. The minimum atomic E-state index is -3.45. The molecule has 0 aliphatic heterocycles. The van der Waals surface area contributed by atoms with Crippen LogP contribution in [0.15, 0.2) is 30.3 Å². The second-order valence-electron chi connectivity index (χ2n) is 5.68. The van der Waals surface area contributed by atoms with E-state index in [9.17, 15) is 8.42 Å². The van der Waals surface area contributed by atoms with E-state index < -0.39 is 16.1 Å². The van der Waals surface area contributed by atoms with Gasteiger partial charge >= 0.3 is 0 Å². The Bertz CT molecular complexity index is 534. The normalized spacial score (nSPS) is 14.1. The summed E-state index contributed by atoms with van der Waals surface area (Å²) in [5.41, 5.74) is 6.06. The molecule has 0 amide bonds. The number of thiocarbonyl (C=S) groups is 1. The van der Waals surface area contributed by atoms with Crippen LogP contribution in [-0.4, -0.2) is 19.2 Å². The summed E-state index contributed by atoms with van der Waals surface area (Å²) in [4.78, 5) is 0.115. The van der Waals surface area contributed by atoms with Crippen LogP contribution >= 0.6 is 12.2 Å². The molecule has 3 N–H and O–H groups in total. The zero-order valence-corrected chi connectivity index (χ0v) is 13.0. The molecule has 1 aromatic carbocycles. The van der Waals surface area contributed by atoms with Crippen molar-refractivity contribution in [2.45, 2.75) is 26.8 Å². The number of hydrogen-bond acceptors (Lipinski definition) is 3. The fourth-order valence-corrected chi connectivity index (χ4v) is 3.84. The maximum atomic E-state index is 12.1. The first kappa shape index (κ1) is 16.1. The topological polar surface area (TPSA) is 72.2 Å². The number of nitrogens with two attached hydrogens (primary N) is 1. The van der Waals surface area contributed by atoms with Gasteiger partial charge in [-0.2, -0.15) is 0 Å². The number of hydrogen-bond donors (Lipinski definition) is 2. The van der Waals surface area contributed by atoms with Gasteiger partial charge in [-0.25, -0.2) is 13.1 Å². The highest BCUT2D eigenvalue weighted by Crippen LogP contribution is 2.19. The van der Waals surface area contributed by atoms with Gasteiger partial charge in [0, 0.05) is 0 Å². The first-order valence-electron chi connectivity index (χ1n) is 5.95. The summed E-state index contributed by atoms with van der Waals surface area (Å²) in [6.45, 7) is 5.60. The molecular weight excluding hydrogens is 280 g/mol. The Balaban J connectivity index is 2.96. The third-order valence-corrected chi connectivity index (χ3v) is 4.41. The molecule has 1 unspecified atom stereocenters. The van der Waals surface area contributed by atoms with E-state index >= 15 is 0 Å². The van der Waals surface area contributed by atoms with Gasteiger partial charge in [-0.15, -0.1) is 0 Å². The predicted octanol–water partition coefficient (Wildman–Crippen LogP) is 1.98. The minimum absolute atomic E-state index is 0.0198. The molecular formula is C13H20N2O2S2. The fourth-order valence-electron chi connectivity index (χ4n) is 1.73. The Morgan fingerprint density at radius 2 is 1.84 bits per heavy atom. The Hall–Kier alpha value is -0.980. The molecule has 0 heterocycles. The summed E-state index contributed by atoms with van der Waals surface area (Å²) in [6.07, 6.45) is 0. The van der Waals surface area contributed by atoms with Crippen LogP contribution in [0.5, 0.6) is 0 Å². The van der Waals surface area contributed by atoms with Gasteiger partial charge < -0.3 is 5.73 Å². The van der Waals surface area contributed by atoms with Gasteiger partial charge in [-0.3, -0.25) is 0 Å². The van der Waals surface area contributed by atoms with Crippen LogP contribution in [0.25, 0.3) is 0 Å². The molecule has 0 radical (unpaired) electrons. The monoisotopic (exact) mass is 300 g/mol. The van der Waals surface area contributed by atoms with Crippen molar-refractivity contribution in [1.29, 1.82) is 0 Å². The molecule has 0 aliphatic carbocycles. The lowest BCUT2D eigenvalue weighted by Crippen LogP contribution is -2.40. The van der Waals surface area contributed by atoms with E-state index in [-0.39, 0.29) is 16.2 Å². The van der Waals surface area contributed by atoms with Crippen LogP contribution in [0, 0.1) is 5.41 Å². The van der Waals surface area contributed by atoms with Crippen molar-refractivity contribution >= 4 is 27.2 Å². The fraction of sp³-hybridized carbons (Fsp3) is 0.462. The van der Waals surface area contributed by atoms with Crippen LogP contribution in [0.1, 0.15) is 32.4 Å². The van der Waals surface area contributed by atoms with E-state index in [1.165, 1.54) is 0 Å². The van der Waals surface area contributed by atoms with Gasteiger partial charge in [0.25, 0.3) is 0 Å². The van der Waals surface area contributed by atoms with Crippen molar-refractivity contribution in [3.8, 4) is 0 Å². The highest BCUT2D eigenvalue weighted by atomic mass is 32.2. The molecule has 0 aromatic heterocycles. The highest BCUT2D eigenvalue weighted by Gasteiger charge is 2.26. The van der Waals surface area contributed by atoms with Gasteiger partial charge in [-0.05, 0) is 11.0 Å². The Morgan fingerprint density at radius 3 is 2.26 bits per heavy atom. The second kappa shape index (κ2) is 5.98. The minimum Gasteiger partial charge on any atom is -0.392 e. The van der Waals surface area contributed by atoms with Gasteiger partial charge in [0.1, 0.15) is 0 Å². The molecule has 0 saturated heterocycles. The summed E-state index contributed by atoms with van der Waals surface area (Å²) in [7, 11) is -3.45. The SMILES string of the molecule is CC(C)(C)CS(=O)(=O)NC(C(N)=S)c1ccccc1. The van der Waals surface area contributed by atoms with Crippen LogP contribution < -0.4 is 10.5 Å².